The van der Waals surface area contributed by atoms with Gasteiger partial charge in [-0.25, -0.2) is 8.78 Å². The smallest absolute Gasteiger partial charge is 0.248 e. The third kappa shape index (κ3) is 2.15. The molecule has 0 spiro atoms. The summed E-state index contributed by atoms with van der Waals surface area (Å²) in [5.41, 5.74) is 0. The molecule has 0 N–H and O–H groups in total. The van der Waals surface area contributed by atoms with E-state index in [-0.39, 0.29) is 36.4 Å². The van der Waals surface area contributed by atoms with Crippen molar-refractivity contribution < 1.29 is 18.1 Å². The van der Waals surface area contributed by atoms with E-state index in [0.29, 0.717) is 23.8 Å². The number of thioether (sulfide) groups is 1. The van der Waals surface area contributed by atoms with Crippen molar-refractivity contribution in [3.63, 3.8) is 0 Å². The monoisotopic (exact) mass is 274 g/mol. The minimum absolute atomic E-state index is 0.0759. The van der Waals surface area contributed by atoms with Gasteiger partial charge < -0.3 is 4.52 Å². The van der Waals surface area contributed by atoms with Crippen LogP contribution in [0.5, 0.6) is 0 Å². The maximum Gasteiger partial charge on any atom is 0.248 e. The Kier molecular flexibility index (Phi) is 2.88. The molecule has 0 amide bonds. The summed E-state index contributed by atoms with van der Waals surface area (Å²) < 4.78 is 31.3. The summed E-state index contributed by atoms with van der Waals surface area (Å²) in [5.74, 6) is -1.52. The number of Topliss-reactive ketones (excluding diaryl/α,β-unsaturated/α-hetero) is 1. The molecular weight excluding hydrogens is 262 g/mol. The van der Waals surface area contributed by atoms with Gasteiger partial charge in [0.1, 0.15) is 5.92 Å². The van der Waals surface area contributed by atoms with Crippen LogP contribution < -0.4 is 0 Å². The summed E-state index contributed by atoms with van der Waals surface area (Å²) in [7, 11) is 0. The van der Waals surface area contributed by atoms with E-state index < -0.39 is 5.92 Å². The highest BCUT2D eigenvalue weighted by atomic mass is 32.2. The molecule has 2 atom stereocenters. The highest BCUT2D eigenvalue weighted by Gasteiger charge is 2.42. The highest BCUT2D eigenvalue weighted by Crippen LogP contribution is 2.43. The Morgan fingerprint density at radius 1 is 1.44 bits per heavy atom. The minimum atomic E-state index is -2.62. The Labute approximate surface area is 107 Å². The van der Waals surface area contributed by atoms with Crippen LogP contribution in [-0.2, 0) is 4.79 Å². The predicted octanol–water partition coefficient (Wildman–Crippen LogP) is 2.37. The number of rotatable bonds is 2. The number of alkyl halides is 2. The lowest BCUT2D eigenvalue weighted by Gasteiger charge is -2.06. The van der Waals surface area contributed by atoms with E-state index in [1.807, 2.05) is 0 Å². The number of aromatic nitrogens is 2. The molecule has 2 heterocycles. The molecule has 0 aromatic carbocycles. The largest absolute Gasteiger partial charge is 0.339 e. The normalized spacial score (nSPS) is 31.1. The lowest BCUT2D eigenvalue weighted by atomic mass is 10.1. The molecule has 1 saturated heterocycles. The maximum absolute atomic E-state index is 13.1. The van der Waals surface area contributed by atoms with Gasteiger partial charge in [-0.15, -0.1) is 0 Å². The Hall–Kier alpha value is -0.980. The van der Waals surface area contributed by atoms with Crippen LogP contribution in [0.2, 0.25) is 0 Å². The van der Waals surface area contributed by atoms with E-state index in [0.717, 1.165) is 0 Å². The molecule has 18 heavy (non-hydrogen) atoms. The number of nitrogens with zero attached hydrogens (tertiary/aromatic N) is 2. The number of hydrogen-bond acceptors (Lipinski definition) is 5. The van der Waals surface area contributed by atoms with Gasteiger partial charge in [0.25, 0.3) is 0 Å². The molecule has 4 nitrogen and oxygen atoms in total. The number of carbonyl (C=O) groups excluding carboxylic acids is 1. The fourth-order valence-electron chi connectivity index (χ4n) is 2.40. The molecule has 3 rings (SSSR count). The molecule has 98 valence electrons. The molecule has 1 aliphatic heterocycles. The van der Waals surface area contributed by atoms with Gasteiger partial charge in [0, 0.05) is 24.5 Å². The zero-order chi connectivity index (χ0) is 12.8. The first-order valence-electron chi connectivity index (χ1n) is 5.87. The van der Waals surface area contributed by atoms with Gasteiger partial charge in [-0.2, -0.15) is 16.7 Å². The third-order valence-corrected chi connectivity index (χ3v) is 4.50. The number of hydrogen-bond donors (Lipinski definition) is 0. The maximum atomic E-state index is 13.1. The SMILES string of the molecule is O=C1CSCC1c1nc(C2CCC(F)(F)C2)no1. The minimum Gasteiger partial charge on any atom is -0.339 e. The summed E-state index contributed by atoms with van der Waals surface area (Å²) >= 11 is 1.53. The quantitative estimate of drug-likeness (QED) is 0.828. The van der Waals surface area contributed by atoms with Crippen LogP contribution in [0.15, 0.2) is 4.52 Å². The van der Waals surface area contributed by atoms with Crippen LogP contribution in [-0.4, -0.2) is 33.4 Å². The van der Waals surface area contributed by atoms with Crippen molar-refractivity contribution in [2.24, 2.45) is 0 Å². The fourth-order valence-corrected chi connectivity index (χ4v) is 3.49. The molecule has 1 aliphatic carbocycles. The van der Waals surface area contributed by atoms with Gasteiger partial charge in [0.05, 0.1) is 5.75 Å². The summed E-state index contributed by atoms with van der Waals surface area (Å²) in [6.45, 7) is 0. The Balaban J connectivity index is 1.76. The van der Waals surface area contributed by atoms with E-state index in [2.05, 4.69) is 10.1 Å². The van der Waals surface area contributed by atoms with E-state index in [4.69, 9.17) is 4.52 Å². The first-order valence-corrected chi connectivity index (χ1v) is 7.02. The van der Waals surface area contributed by atoms with Crippen molar-refractivity contribution in [3.8, 4) is 0 Å². The van der Waals surface area contributed by atoms with Crippen molar-refractivity contribution in [1.29, 1.82) is 0 Å². The van der Waals surface area contributed by atoms with Crippen molar-refractivity contribution in [2.45, 2.75) is 37.0 Å². The zero-order valence-corrected chi connectivity index (χ0v) is 10.4. The second-order valence-corrected chi connectivity index (χ2v) is 5.85. The molecular formula is C11H12F2N2O2S. The number of halogens is 2. The predicted molar refractivity (Wildman–Crippen MR) is 60.9 cm³/mol. The van der Waals surface area contributed by atoms with Crippen LogP contribution in [0.4, 0.5) is 8.78 Å². The summed E-state index contributed by atoms with van der Waals surface area (Å²) in [5, 5.41) is 3.76. The Morgan fingerprint density at radius 2 is 2.28 bits per heavy atom. The van der Waals surface area contributed by atoms with E-state index >= 15 is 0 Å². The molecule has 0 bridgehead atoms. The third-order valence-electron chi connectivity index (χ3n) is 3.44. The van der Waals surface area contributed by atoms with Gasteiger partial charge in [-0.05, 0) is 6.42 Å². The molecule has 1 aromatic rings. The molecule has 2 unspecified atom stereocenters. The fraction of sp³-hybridized carbons (Fsp3) is 0.727. The summed E-state index contributed by atoms with van der Waals surface area (Å²) in [6.07, 6.45) is 0.0262. The lowest BCUT2D eigenvalue weighted by molar-refractivity contribution is -0.117. The van der Waals surface area contributed by atoms with Crippen LogP contribution in [0.3, 0.4) is 0 Å². The van der Waals surface area contributed by atoms with Gasteiger partial charge in [0.2, 0.25) is 11.8 Å². The van der Waals surface area contributed by atoms with Gasteiger partial charge in [-0.1, -0.05) is 5.16 Å². The molecule has 0 radical (unpaired) electrons. The van der Waals surface area contributed by atoms with Gasteiger partial charge >= 0.3 is 0 Å². The zero-order valence-electron chi connectivity index (χ0n) is 9.57. The summed E-state index contributed by atoms with van der Waals surface area (Å²) in [6, 6.07) is 0. The molecule has 1 aromatic heterocycles. The Bertz CT molecular complexity index is 477. The molecule has 2 fully saturated rings. The van der Waals surface area contributed by atoms with E-state index in [1.165, 1.54) is 11.8 Å². The van der Waals surface area contributed by atoms with Crippen molar-refractivity contribution >= 4 is 17.5 Å². The van der Waals surface area contributed by atoms with E-state index in [1.54, 1.807) is 0 Å². The molecule has 2 aliphatic rings. The molecule has 1 saturated carbocycles. The number of ketones is 1. The van der Waals surface area contributed by atoms with Gasteiger partial charge in [-0.3, -0.25) is 4.79 Å². The van der Waals surface area contributed by atoms with E-state index in [9.17, 15) is 13.6 Å². The second kappa shape index (κ2) is 4.29. The standard InChI is InChI=1S/C11H12F2N2O2S/c12-11(13)2-1-6(3-11)9-14-10(17-15-9)7-4-18-5-8(7)16/h6-7H,1-5H2. The van der Waals surface area contributed by atoms with Crippen molar-refractivity contribution in [2.75, 3.05) is 11.5 Å². The second-order valence-electron chi connectivity index (χ2n) is 4.82. The first kappa shape index (κ1) is 12.1. The van der Waals surface area contributed by atoms with Crippen LogP contribution in [0.1, 0.15) is 42.8 Å². The van der Waals surface area contributed by atoms with Crippen LogP contribution in [0.25, 0.3) is 0 Å². The first-order chi connectivity index (χ1) is 8.55. The molecule has 7 heteroatoms. The van der Waals surface area contributed by atoms with Gasteiger partial charge in [0.15, 0.2) is 11.6 Å². The van der Waals surface area contributed by atoms with Crippen molar-refractivity contribution in [1.82, 2.24) is 10.1 Å². The van der Waals surface area contributed by atoms with Crippen LogP contribution >= 0.6 is 11.8 Å². The average Bonchev–Trinajstić information content (AvgIpc) is 2.97. The topological polar surface area (TPSA) is 56.0 Å². The lowest BCUT2D eigenvalue weighted by Crippen LogP contribution is -2.10. The Morgan fingerprint density at radius 3 is 2.89 bits per heavy atom. The van der Waals surface area contributed by atoms with Crippen LogP contribution in [0, 0.1) is 0 Å². The summed E-state index contributed by atoms with van der Waals surface area (Å²) in [4.78, 5) is 15.7. The highest BCUT2D eigenvalue weighted by molar-refractivity contribution is 8.00. The number of carbonyl (C=O) groups is 1. The van der Waals surface area contributed by atoms with Crippen molar-refractivity contribution in [3.05, 3.63) is 11.7 Å². The average molecular weight is 274 g/mol.